The van der Waals surface area contributed by atoms with Crippen LogP contribution >= 0.6 is 12.2 Å². The summed E-state index contributed by atoms with van der Waals surface area (Å²) in [5, 5.41) is 7.52. The monoisotopic (exact) mass is 257 g/mol. The van der Waals surface area contributed by atoms with E-state index < -0.39 is 0 Å². The molecule has 0 spiro atoms. The van der Waals surface area contributed by atoms with Crippen LogP contribution in [0.2, 0.25) is 0 Å². The standard InChI is InChI=1S/C14H15N3S/c18-13-16-15-12(17(13)11-6-7-11)14(8-9-14)10-4-2-1-3-5-10/h1-5,11H,6-9H2,(H,16,18). The predicted octanol–water partition coefficient (Wildman–Crippen LogP) is 3.36. The first-order valence-corrected chi connectivity index (χ1v) is 6.95. The normalized spacial score (nSPS) is 20.9. The zero-order valence-corrected chi connectivity index (χ0v) is 10.9. The van der Waals surface area contributed by atoms with E-state index in [4.69, 9.17) is 12.2 Å². The van der Waals surface area contributed by atoms with Gasteiger partial charge in [0.05, 0.1) is 5.41 Å². The highest BCUT2D eigenvalue weighted by atomic mass is 32.1. The third kappa shape index (κ3) is 1.42. The molecule has 4 heteroatoms. The maximum absolute atomic E-state index is 5.38. The summed E-state index contributed by atoms with van der Waals surface area (Å²) in [6.45, 7) is 0. The van der Waals surface area contributed by atoms with Crippen molar-refractivity contribution in [3.05, 3.63) is 46.5 Å². The molecule has 0 radical (unpaired) electrons. The minimum absolute atomic E-state index is 0.122. The van der Waals surface area contributed by atoms with Crippen molar-refractivity contribution >= 4 is 12.2 Å². The molecule has 0 atom stereocenters. The average Bonchev–Trinajstić information content (AvgIpc) is 3.31. The molecule has 0 bridgehead atoms. The van der Waals surface area contributed by atoms with E-state index in [2.05, 4.69) is 45.1 Å². The van der Waals surface area contributed by atoms with Crippen LogP contribution in [0.5, 0.6) is 0 Å². The fraction of sp³-hybridized carbons (Fsp3) is 0.429. The van der Waals surface area contributed by atoms with E-state index in [-0.39, 0.29) is 5.41 Å². The Labute approximate surface area is 111 Å². The van der Waals surface area contributed by atoms with Crippen molar-refractivity contribution in [2.75, 3.05) is 0 Å². The molecular weight excluding hydrogens is 242 g/mol. The van der Waals surface area contributed by atoms with E-state index >= 15 is 0 Å². The van der Waals surface area contributed by atoms with Crippen LogP contribution in [0, 0.1) is 4.77 Å². The van der Waals surface area contributed by atoms with Crippen LogP contribution in [0.15, 0.2) is 30.3 Å². The molecular formula is C14H15N3S. The van der Waals surface area contributed by atoms with Gasteiger partial charge in [-0.1, -0.05) is 30.3 Å². The van der Waals surface area contributed by atoms with E-state index in [1.165, 1.54) is 31.2 Å². The fourth-order valence-corrected chi connectivity index (χ4v) is 3.12. The molecule has 1 aromatic heterocycles. The highest BCUT2D eigenvalue weighted by Gasteiger charge is 2.50. The number of H-pyrrole nitrogens is 1. The summed E-state index contributed by atoms with van der Waals surface area (Å²) in [5.41, 5.74) is 1.50. The first kappa shape index (κ1) is 10.5. The summed E-state index contributed by atoms with van der Waals surface area (Å²) in [6.07, 6.45) is 4.85. The molecule has 3 nitrogen and oxygen atoms in total. The Morgan fingerprint density at radius 3 is 2.56 bits per heavy atom. The number of nitrogens with zero attached hydrogens (tertiary/aromatic N) is 2. The quantitative estimate of drug-likeness (QED) is 0.855. The number of aromatic amines is 1. The van der Waals surface area contributed by atoms with Crippen molar-refractivity contribution in [3.8, 4) is 0 Å². The van der Waals surface area contributed by atoms with E-state index in [1.54, 1.807) is 0 Å². The van der Waals surface area contributed by atoms with Gasteiger partial charge in [-0.05, 0) is 43.5 Å². The van der Waals surface area contributed by atoms with Crippen molar-refractivity contribution in [1.82, 2.24) is 14.8 Å². The van der Waals surface area contributed by atoms with Crippen molar-refractivity contribution in [2.24, 2.45) is 0 Å². The van der Waals surface area contributed by atoms with Gasteiger partial charge in [-0.25, -0.2) is 0 Å². The molecule has 92 valence electrons. The molecule has 0 aliphatic heterocycles. The van der Waals surface area contributed by atoms with Crippen molar-refractivity contribution in [2.45, 2.75) is 37.1 Å². The Morgan fingerprint density at radius 1 is 1.22 bits per heavy atom. The number of hydrogen-bond donors (Lipinski definition) is 1. The number of rotatable bonds is 3. The van der Waals surface area contributed by atoms with Gasteiger partial charge in [0.2, 0.25) is 0 Å². The molecule has 2 aliphatic carbocycles. The lowest BCUT2D eigenvalue weighted by Gasteiger charge is -2.16. The molecule has 1 aromatic carbocycles. The second-order valence-electron chi connectivity index (χ2n) is 5.40. The van der Waals surface area contributed by atoms with Crippen LogP contribution in [-0.2, 0) is 5.41 Å². The molecule has 1 heterocycles. The third-order valence-electron chi connectivity index (χ3n) is 4.12. The Hall–Kier alpha value is -1.42. The molecule has 2 aliphatic rings. The van der Waals surface area contributed by atoms with Crippen LogP contribution < -0.4 is 0 Å². The summed E-state index contributed by atoms with van der Waals surface area (Å²) in [6, 6.07) is 11.3. The fourth-order valence-electron chi connectivity index (χ4n) is 2.84. The smallest absolute Gasteiger partial charge is 0.195 e. The van der Waals surface area contributed by atoms with Gasteiger partial charge < -0.3 is 4.57 Å². The van der Waals surface area contributed by atoms with Crippen molar-refractivity contribution in [3.63, 3.8) is 0 Å². The molecule has 0 saturated heterocycles. The minimum atomic E-state index is 0.122. The Morgan fingerprint density at radius 2 is 1.94 bits per heavy atom. The van der Waals surface area contributed by atoms with E-state index in [0.717, 1.165) is 10.6 Å². The summed E-state index contributed by atoms with van der Waals surface area (Å²) in [7, 11) is 0. The number of hydrogen-bond acceptors (Lipinski definition) is 2. The number of aromatic nitrogens is 3. The summed E-state index contributed by atoms with van der Waals surface area (Å²) in [4.78, 5) is 0. The molecule has 18 heavy (non-hydrogen) atoms. The van der Waals surface area contributed by atoms with Gasteiger partial charge in [0.25, 0.3) is 0 Å². The van der Waals surface area contributed by atoms with Gasteiger partial charge in [0.1, 0.15) is 5.82 Å². The lowest BCUT2D eigenvalue weighted by Crippen LogP contribution is -2.16. The van der Waals surface area contributed by atoms with Crippen molar-refractivity contribution < 1.29 is 0 Å². The maximum atomic E-state index is 5.38. The van der Waals surface area contributed by atoms with Gasteiger partial charge in [-0.15, -0.1) is 0 Å². The summed E-state index contributed by atoms with van der Waals surface area (Å²) in [5.74, 6) is 1.15. The highest BCUT2D eigenvalue weighted by molar-refractivity contribution is 7.71. The molecule has 4 rings (SSSR count). The zero-order valence-electron chi connectivity index (χ0n) is 10.1. The van der Waals surface area contributed by atoms with Crippen LogP contribution in [0.1, 0.15) is 43.1 Å². The summed E-state index contributed by atoms with van der Waals surface area (Å²) >= 11 is 5.38. The first-order valence-electron chi connectivity index (χ1n) is 6.54. The number of nitrogens with one attached hydrogen (secondary N) is 1. The topological polar surface area (TPSA) is 33.6 Å². The Balaban J connectivity index is 1.86. The van der Waals surface area contributed by atoms with E-state index in [0.29, 0.717) is 6.04 Å². The third-order valence-corrected chi connectivity index (χ3v) is 4.41. The van der Waals surface area contributed by atoms with Gasteiger partial charge in [-0.2, -0.15) is 5.10 Å². The van der Waals surface area contributed by atoms with Crippen LogP contribution in [0.3, 0.4) is 0 Å². The van der Waals surface area contributed by atoms with Crippen molar-refractivity contribution in [1.29, 1.82) is 0 Å². The average molecular weight is 257 g/mol. The largest absolute Gasteiger partial charge is 0.300 e. The lowest BCUT2D eigenvalue weighted by atomic mass is 9.95. The van der Waals surface area contributed by atoms with Gasteiger partial charge in [-0.3, -0.25) is 5.10 Å². The highest BCUT2D eigenvalue weighted by Crippen LogP contribution is 2.54. The van der Waals surface area contributed by atoms with E-state index in [9.17, 15) is 0 Å². The first-order chi connectivity index (χ1) is 8.81. The van der Waals surface area contributed by atoms with E-state index in [1.807, 2.05) is 0 Å². The maximum Gasteiger partial charge on any atom is 0.195 e. The van der Waals surface area contributed by atoms with Crippen LogP contribution in [0.4, 0.5) is 0 Å². The predicted molar refractivity (Wildman–Crippen MR) is 72.1 cm³/mol. The molecule has 0 amide bonds. The Kier molecular flexibility index (Phi) is 2.07. The second kappa shape index (κ2) is 3.54. The molecule has 0 unspecified atom stereocenters. The SMILES string of the molecule is S=c1[nH]nc(C2(c3ccccc3)CC2)n1C1CC1. The minimum Gasteiger partial charge on any atom is -0.300 e. The van der Waals surface area contributed by atoms with Crippen LogP contribution in [-0.4, -0.2) is 14.8 Å². The molecule has 2 fully saturated rings. The van der Waals surface area contributed by atoms with Crippen LogP contribution in [0.25, 0.3) is 0 Å². The summed E-state index contributed by atoms with van der Waals surface area (Å²) < 4.78 is 3.05. The number of benzene rings is 1. The van der Waals surface area contributed by atoms with Gasteiger partial charge >= 0.3 is 0 Å². The zero-order chi connectivity index (χ0) is 12.2. The Bertz CT molecular complexity index is 633. The molecule has 2 aromatic rings. The molecule has 2 saturated carbocycles. The second-order valence-corrected chi connectivity index (χ2v) is 5.79. The van der Waals surface area contributed by atoms with Gasteiger partial charge in [0.15, 0.2) is 4.77 Å². The molecule has 1 N–H and O–H groups in total. The lowest BCUT2D eigenvalue weighted by molar-refractivity contribution is 0.623. The van der Waals surface area contributed by atoms with Gasteiger partial charge in [0, 0.05) is 6.04 Å².